The molecule has 0 fully saturated rings. The van der Waals surface area contributed by atoms with Crippen molar-refractivity contribution < 1.29 is 0 Å². The molecule has 2 aromatic rings. The summed E-state index contributed by atoms with van der Waals surface area (Å²) in [5.41, 5.74) is 0.716. The number of nitrogens with zero attached hydrogens (tertiary/aromatic N) is 2. The number of hydrogen-bond donors (Lipinski definition) is 0. The predicted octanol–water partition coefficient (Wildman–Crippen LogP) is 2.47. The van der Waals surface area contributed by atoms with Crippen molar-refractivity contribution in [2.24, 2.45) is 0 Å². The molecule has 2 aromatic heterocycles. The van der Waals surface area contributed by atoms with Gasteiger partial charge < -0.3 is 4.57 Å². The molecule has 0 saturated heterocycles. The van der Waals surface area contributed by atoms with E-state index in [2.05, 4.69) is 12.1 Å². The normalized spacial score (nSPS) is 9.77. The Hall–Kier alpha value is -1.53. The third-order valence-electron chi connectivity index (χ3n) is 1.85. The molecule has 64 valence electrons. The van der Waals surface area contributed by atoms with E-state index in [1.54, 1.807) is 11.3 Å². The second kappa shape index (κ2) is 3.46. The highest BCUT2D eigenvalue weighted by atomic mass is 32.1. The highest BCUT2D eigenvalue weighted by Gasteiger charge is 2.00. The summed E-state index contributed by atoms with van der Waals surface area (Å²) < 4.78 is 1.95. The zero-order valence-corrected chi connectivity index (χ0v) is 7.79. The minimum Gasteiger partial charge on any atom is -0.334 e. The van der Waals surface area contributed by atoms with Crippen molar-refractivity contribution in [3.05, 3.63) is 46.4 Å². The molecule has 0 atom stereocenters. The van der Waals surface area contributed by atoms with E-state index in [-0.39, 0.29) is 0 Å². The van der Waals surface area contributed by atoms with E-state index in [1.807, 2.05) is 34.3 Å². The van der Waals surface area contributed by atoms with Gasteiger partial charge >= 0.3 is 0 Å². The first-order valence-electron chi connectivity index (χ1n) is 3.98. The lowest BCUT2D eigenvalue weighted by Crippen LogP contribution is -1.98. The van der Waals surface area contributed by atoms with E-state index in [4.69, 9.17) is 5.26 Å². The Balaban J connectivity index is 2.24. The van der Waals surface area contributed by atoms with Crippen molar-refractivity contribution in [2.45, 2.75) is 6.54 Å². The third kappa shape index (κ3) is 1.63. The van der Waals surface area contributed by atoms with Crippen molar-refractivity contribution in [1.82, 2.24) is 4.57 Å². The summed E-state index contributed by atoms with van der Waals surface area (Å²) in [6.45, 7) is 0.799. The number of thiophene rings is 1. The molecule has 0 N–H and O–H groups in total. The van der Waals surface area contributed by atoms with E-state index >= 15 is 0 Å². The first-order chi connectivity index (χ1) is 6.40. The summed E-state index contributed by atoms with van der Waals surface area (Å²) in [5, 5.41) is 10.8. The monoisotopic (exact) mass is 188 g/mol. The predicted molar refractivity (Wildman–Crippen MR) is 52.6 cm³/mol. The van der Waals surface area contributed by atoms with Gasteiger partial charge in [-0.25, -0.2) is 0 Å². The molecule has 3 heteroatoms. The van der Waals surface area contributed by atoms with Gasteiger partial charge in [0.15, 0.2) is 0 Å². The Labute approximate surface area is 80.7 Å². The zero-order chi connectivity index (χ0) is 9.10. The number of hydrogen-bond acceptors (Lipinski definition) is 2. The molecule has 0 aliphatic carbocycles. The van der Waals surface area contributed by atoms with Crippen molar-refractivity contribution in [2.75, 3.05) is 0 Å². The van der Waals surface area contributed by atoms with E-state index < -0.39 is 0 Å². The summed E-state index contributed by atoms with van der Waals surface area (Å²) in [6, 6.07) is 9.98. The fraction of sp³-hybridized carbons (Fsp3) is 0.100. The van der Waals surface area contributed by atoms with Crippen LogP contribution in [0.15, 0.2) is 35.8 Å². The summed E-state index contributed by atoms with van der Waals surface area (Å²) in [5.74, 6) is 0. The van der Waals surface area contributed by atoms with Crippen LogP contribution in [-0.4, -0.2) is 4.57 Å². The van der Waals surface area contributed by atoms with Gasteiger partial charge in [0.2, 0.25) is 0 Å². The molecule has 0 bridgehead atoms. The van der Waals surface area contributed by atoms with E-state index in [1.165, 1.54) is 4.88 Å². The molecule has 2 nitrogen and oxygen atoms in total. The average molecular weight is 188 g/mol. The molecule has 0 aliphatic rings. The molecule has 0 unspecified atom stereocenters. The van der Waals surface area contributed by atoms with Crippen LogP contribution in [0.1, 0.15) is 10.6 Å². The maximum atomic E-state index is 8.77. The van der Waals surface area contributed by atoms with Crippen LogP contribution >= 0.6 is 11.3 Å². The van der Waals surface area contributed by atoms with Gasteiger partial charge in [-0.2, -0.15) is 5.26 Å². The average Bonchev–Trinajstić information content (AvgIpc) is 2.76. The number of nitriles is 1. The first-order valence-corrected chi connectivity index (χ1v) is 4.86. The Morgan fingerprint density at radius 1 is 1.38 bits per heavy atom. The minimum absolute atomic E-state index is 0.716. The van der Waals surface area contributed by atoms with Gasteiger partial charge in [-0.15, -0.1) is 11.3 Å². The summed E-state index contributed by atoms with van der Waals surface area (Å²) in [7, 11) is 0. The molecule has 2 heterocycles. The van der Waals surface area contributed by atoms with E-state index in [0.29, 0.717) is 5.69 Å². The lowest BCUT2D eigenvalue weighted by molar-refractivity contribution is 0.806. The second-order valence-corrected chi connectivity index (χ2v) is 3.74. The van der Waals surface area contributed by atoms with Crippen molar-refractivity contribution in [1.29, 1.82) is 5.26 Å². The molecule has 0 amide bonds. The lowest BCUT2D eigenvalue weighted by atomic mass is 10.4. The van der Waals surface area contributed by atoms with Crippen LogP contribution in [0.2, 0.25) is 0 Å². The number of rotatable bonds is 2. The van der Waals surface area contributed by atoms with Gasteiger partial charge in [0.05, 0.1) is 6.54 Å². The van der Waals surface area contributed by atoms with Crippen LogP contribution in [0, 0.1) is 11.3 Å². The number of aromatic nitrogens is 1. The van der Waals surface area contributed by atoms with E-state index in [9.17, 15) is 0 Å². The largest absolute Gasteiger partial charge is 0.334 e. The first kappa shape index (κ1) is 8.09. The molecule has 0 saturated carbocycles. The van der Waals surface area contributed by atoms with Gasteiger partial charge in [-0.1, -0.05) is 6.07 Å². The minimum atomic E-state index is 0.716. The molecular weight excluding hydrogens is 180 g/mol. The second-order valence-electron chi connectivity index (χ2n) is 2.71. The Morgan fingerprint density at radius 3 is 3.00 bits per heavy atom. The van der Waals surface area contributed by atoms with Crippen molar-refractivity contribution in [3.8, 4) is 6.07 Å². The van der Waals surface area contributed by atoms with E-state index in [0.717, 1.165) is 6.54 Å². The molecule has 0 aromatic carbocycles. The van der Waals surface area contributed by atoms with Crippen LogP contribution in [-0.2, 0) is 6.54 Å². The maximum absolute atomic E-state index is 8.77. The molecular formula is C10H8N2S. The fourth-order valence-corrected chi connectivity index (χ4v) is 1.93. The standard InChI is InChI=1S/C10H8N2S/c11-7-9-3-1-5-12(9)8-10-4-2-6-13-10/h1-6H,8H2. The van der Waals surface area contributed by atoms with Gasteiger partial charge in [-0.3, -0.25) is 0 Å². The van der Waals surface area contributed by atoms with Gasteiger partial charge in [0.1, 0.15) is 11.8 Å². The quantitative estimate of drug-likeness (QED) is 0.711. The highest BCUT2D eigenvalue weighted by molar-refractivity contribution is 7.09. The zero-order valence-electron chi connectivity index (χ0n) is 6.97. The lowest BCUT2D eigenvalue weighted by Gasteiger charge is -2.00. The Bertz CT molecular complexity index is 420. The Kier molecular flexibility index (Phi) is 2.15. The van der Waals surface area contributed by atoms with Crippen molar-refractivity contribution >= 4 is 11.3 Å². The van der Waals surface area contributed by atoms with Crippen LogP contribution in [0.5, 0.6) is 0 Å². The molecule has 2 rings (SSSR count). The molecule has 0 radical (unpaired) electrons. The van der Waals surface area contributed by atoms with Gasteiger partial charge in [0, 0.05) is 11.1 Å². The van der Waals surface area contributed by atoms with Crippen LogP contribution in [0.3, 0.4) is 0 Å². The van der Waals surface area contributed by atoms with Crippen LogP contribution < -0.4 is 0 Å². The molecule has 13 heavy (non-hydrogen) atoms. The summed E-state index contributed by atoms with van der Waals surface area (Å²) in [6.07, 6.45) is 1.93. The van der Waals surface area contributed by atoms with Gasteiger partial charge in [0.25, 0.3) is 0 Å². The Morgan fingerprint density at radius 2 is 2.31 bits per heavy atom. The molecule has 0 aliphatic heterocycles. The van der Waals surface area contributed by atoms with Gasteiger partial charge in [-0.05, 0) is 23.6 Å². The molecule has 0 spiro atoms. The van der Waals surface area contributed by atoms with Crippen LogP contribution in [0.4, 0.5) is 0 Å². The van der Waals surface area contributed by atoms with Crippen LogP contribution in [0.25, 0.3) is 0 Å². The fourth-order valence-electron chi connectivity index (χ4n) is 1.22. The maximum Gasteiger partial charge on any atom is 0.120 e. The SMILES string of the molecule is N#Cc1cccn1Cc1cccs1. The van der Waals surface area contributed by atoms with Crippen molar-refractivity contribution in [3.63, 3.8) is 0 Å². The topological polar surface area (TPSA) is 28.7 Å². The summed E-state index contributed by atoms with van der Waals surface area (Å²) >= 11 is 1.71. The smallest absolute Gasteiger partial charge is 0.120 e. The highest BCUT2D eigenvalue weighted by Crippen LogP contribution is 2.12. The summed E-state index contributed by atoms with van der Waals surface area (Å²) in [4.78, 5) is 1.27. The third-order valence-corrected chi connectivity index (χ3v) is 2.71.